The molecule has 0 amide bonds. The van der Waals surface area contributed by atoms with E-state index in [2.05, 4.69) is 37.9 Å². The van der Waals surface area contributed by atoms with Crippen LogP contribution in [0.5, 0.6) is 0 Å². The van der Waals surface area contributed by atoms with Crippen LogP contribution in [0.4, 0.5) is 5.13 Å². The number of aromatic nitrogens is 1. The summed E-state index contributed by atoms with van der Waals surface area (Å²) in [4.78, 5) is 8.83. The van der Waals surface area contributed by atoms with Gasteiger partial charge in [-0.05, 0) is 19.4 Å². The minimum atomic E-state index is 0.130. The van der Waals surface area contributed by atoms with Crippen LogP contribution < -0.4 is 10.2 Å². The van der Waals surface area contributed by atoms with E-state index >= 15 is 0 Å². The number of nitrogens with one attached hydrogen (secondary N) is 1. The monoisotopic (exact) mass is 281 g/mol. The molecular weight excluding hydrogens is 254 g/mol. The summed E-state index contributed by atoms with van der Waals surface area (Å²) in [5.41, 5.74) is 1.40. The Morgan fingerprint density at radius 1 is 1.42 bits per heavy atom. The van der Waals surface area contributed by atoms with Crippen LogP contribution >= 0.6 is 11.3 Å². The molecule has 19 heavy (non-hydrogen) atoms. The van der Waals surface area contributed by atoms with Crippen molar-refractivity contribution in [2.24, 2.45) is 5.92 Å². The molecule has 1 unspecified atom stereocenters. The Labute approximate surface area is 121 Å². The van der Waals surface area contributed by atoms with Gasteiger partial charge in [0.05, 0.1) is 5.69 Å². The van der Waals surface area contributed by atoms with Gasteiger partial charge in [0.15, 0.2) is 5.13 Å². The topological polar surface area (TPSA) is 28.2 Å². The minimum Gasteiger partial charge on any atom is -0.348 e. The first kappa shape index (κ1) is 14.8. The van der Waals surface area contributed by atoms with Gasteiger partial charge in [0, 0.05) is 29.9 Å². The Hall–Kier alpha value is -0.610. The molecule has 2 heterocycles. The summed E-state index contributed by atoms with van der Waals surface area (Å²) in [6.07, 6.45) is 2.61. The minimum absolute atomic E-state index is 0.130. The van der Waals surface area contributed by atoms with E-state index in [9.17, 15) is 0 Å². The Balaban J connectivity index is 2.23. The lowest BCUT2D eigenvalue weighted by Crippen LogP contribution is -2.20. The maximum absolute atomic E-state index is 4.96. The highest BCUT2D eigenvalue weighted by Gasteiger charge is 2.28. The number of nitrogens with zero attached hydrogens (tertiary/aromatic N) is 2. The van der Waals surface area contributed by atoms with E-state index in [-0.39, 0.29) is 5.41 Å². The lowest BCUT2D eigenvalue weighted by molar-refractivity contribution is 0.561. The number of thiazole rings is 1. The van der Waals surface area contributed by atoms with Gasteiger partial charge < -0.3 is 10.2 Å². The third kappa shape index (κ3) is 3.29. The van der Waals surface area contributed by atoms with Crippen molar-refractivity contribution in [3.8, 4) is 0 Å². The molecule has 1 aliphatic heterocycles. The van der Waals surface area contributed by atoms with E-state index in [4.69, 9.17) is 4.98 Å². The molecule has 0 bridgehead atoms. The maximum Gasteiger partial charge on any atom is 0.185 e. The third-order valence-corrected chi connectivity index (χ3v) is 4.98. The Morgan fingerprint density at radius 2 is 2.16 bits per heavy atom. The van der Waals surface area contributed by atoms with Gasteiger partial charge >= 0.3 is 0 Å². The highest BCUT2D eigenvalue weighted by molar-refractivity contribution is 7.15. The van der Waals surface area contributed by atoms with Crippen LogP contribution in [0.3, 0.4) is 0 Å². The third-order valence-electron chi connectivity index (χ3n) is 3.87. The summed E-state index contributed by atoms with van der Waals surface area (Å²) in [6.45, 7) is 12.3. The maximum atomic E-state index is 4.96. The quantitative estimate of drug-likeness (QED) is 0.917. The molecule has 0 saturated carbocycles. The van der Waals surface area contributed by atoms with Crippen LogP contribution in [0.1, 0.15) is 51.1 Å². The van der Waals surface area contributed by atoms with Crippen molar-refractivity contribution in [2.75, 3.05) is 25.0 Å². The molecule has 3 nitrogen and oxygen atoms in total. The highest BCUT2D eigenvalue weighted by atomic mass is 32.1. The van der Waals surface area contributed by atoms with Gasteiger partial charge in [0.2, 0.25) is 0 Å². The van der Waals surface area contributed by atoms with Crippen molar-refractivity contribution in [2.45, 2.75) is 52.5 Å². The average molecular weight is 281 g/mol. The van der Waals surface area contributed by atoms with Gasteiger partial charge in [-0.2, -0.15) is 0 Å². The molecule has 1 aromatic heterocycles. The molecule has 4 heteroatoms. The largest absolute Gasteiger partial charge is 0.348 e. The van der Waals surface area contributed by atoms with E-state index in [0.29, 0.717) is 0 Å². The molecule has 2 rings (SSSR count). The molecule has 1 fully saturated rings. The summed E-state index contributed by atoms with van der Waals surface area (Å²) in [6, 6.07) is 0. The summed E-state index contributed by atoms with van der Waals surface area (Å²) >= 11 is 1.87. The Morgan fingerprint density at radius 3 is 2.68 bits per heavy atom. The predicted molar refractivity (Wildman–Crippen MR) is 84.2 cm³/mol. The molecule has 1 atom stereocenters. The Bertz CT molecular complexity index is 420. The molecule has 0 aromatic carbocycles. The van der Waals surface area contributed by atoms with Crippen LogP contribution in [0.15, 0.2) is 0 Å². The van der Waals surface area contributed by atoms with E-state index in [1.165, 1.54) is 41.6 Å². The number of hydrogen-bond acceptors (Lipinski definition) is 4. The second kappa shape index (κ2) is 5.80. The smallest absolute Gasteiger partial charge is 0.185 e. The van der Waals surface area contributed by atoms with Crippen molar-refractivity contribution >= 4 is 16.5 Å². The lowest BCUT2D eigenvalue weighted by Gasteiger charge is -2.18. The van der Waals surface area contributed by atoms with E-state index < -0.39 is 0 Å². The van der Waals surface area contributed by atoms with Crippen molar-refractivity contribution in [1.82, 2.24) is 10.3 Å². The molecule has 0 aliphatic carbocycles. The van der Waals surface area contributed by atoms with Gasteiger partial charge in [-0.15, -0.1) is 11.3 Å². The first-order valence-electron chi connectivity index (χ1n) is 7.35. The van der Waals surface area contributed by atoms with Crippen LogP contribution in [0, 0.1) is 5.92 Å². The van der Waals surface area contributed by atoms with Crippen molar-refractivity contribution in [1.29, 1.82) is 0 Å². The normalized spacial score (nSPS) is 20.3. The SMILES string of the molecule is CCC1CCN(c2nc(C(C)(C)C)c(CNC)s2)C1. The van der Waals surface area contributed by atoms with Gasteiger partial charge in [0.25, 0.3) is 0 Å². The molecule has 108 valence electrons. The second-order valence-electron chi connectivity index (χ2n) is 6.56. The van der Waals surface area contributed by atoms with Crippen LogP contribution in [0.25, 0.3) is 0 Å². The van der Waals surface area contributed by atoms with Crippen molar-refractivity contribution in [3.05, 3.63) is 10.6 Å². The number of anilines is 1. The molecule has 1 aliphatic rings. The van der Waals surface area contributed by atoms with Crippen LogP contribution in [-0.4, -0.2) is 25.1 Å². The van der Waals surface area contributed by atoms with Crippen molar-refractivity contribution in [3.63, 3.8) is 0 Å². The lowest BCUT2D eigenvalue weighted by atomic mass is 9.91. The summed E-state index contributed by atoms with van der Waals surface area (Å²) < 4.78 is 0. The molecule has 0 radical (unpaired) electrons. The standard InChI is InChI=1S/C15H27N3S/c1-6-11-7-8-18(10-11)14-17-13(15(2,3)4)12(19-14)9-16-5/h11,16H,6-10H2,1-5H3. The summed E-state index contributed by atoms with van der Waals surface area (Å²) in [5, 5.41) is 4.50. The van der Waals surface area contributed by atoms with Crippen LogP contribution in [0.2, 0.25) is 0 Å². The fourth-order valence-corrected chi connectivity index (χ4v) is 4.00. The summed E-state index contributed by atoms with van der Waals surface area (Å²) in [7, 11) is 2.01. The zero-order valence-corrected chi connectivity index (χ0v) is 13.7. The fourth-order valence-electron chi connectivity index (χ4n) is 2.68. The predicted octanol–water partition coefficient (Wildman–Crippen LogP) is 3.40. The van der Waals surface area contributed by atoms with Gasteiger partial charge in [-0.3, -0.25) is 0 Å². The molecule has 1 saturated heterocycles. The summed E-state index contributed by atoms with van der Waals surface area (Å²) in [5.74, 6) is 0.856. The molecule has 0 spiro atoms. The number of rotatable bonds is 4. The van der Waals surface area contributed by atoms with E-state index in [0.717, 1.165) is 12.5 Å². The van der Waals surface area contributed by atoms with Gasteiger partial charge in [0.1, 0.15) is 0 Å². The highest BCUT2D eigenvalue weighted by Crippen LogP contribution is 2.36. The zero-order chi connectivity index (χ0) is 14.0. The van der Waals surface area contributed by atoms with Gasteiger partial charge in [-0.1, -0.05) is 34.1 Å². The average Bonchev–Trinajstić information content (AvgIpc) is 2.93. The van der Waals surface area contributed by atoms with Crippen molar-refractivity contribution < 1.29 is 0 Å². The first-order chi connectivity index (χ1) is 8.95. The number of hydrogen-bond donors (Lipinski definition) is 1. The van der Waals surface area contributed by atoms with E-state index in [1.54, 1.807) is 0 Å². The molecular formula is C15H27N3S. The molecule has 1 aromatic rings. The molecule has 1 N–H and O–H groups in total. The van der Waals surface area contributed by atoms with Crippen LogP contribution in [-0.2, 0) is 12.0 Å². The van der Waals surface area contributed by atoms with Gasteiger partial charge in [-0.25, -0.2) is 4.98 Å². The fraction of sp³-hybridized carbons (Fsp3) is 0.800. The Kier molecular flexibility index (Phi) is 4.51. The first-order valence-corrected chi connectivity index (χ1v) is 8.17. The zero-order valence-electron chi connectivity index (χ0n) is 12.9. The van der Waals surface area contributed by atoms with E-state index in [1.807, 2.05) is 18.4 Å². The second-order valence-corrected chi connectivity index (χ2v) is 7.62.